The number of carbonyl (C=O) groups excluding carboxylic acids is 1. The Hall–Kier alpha value is -1.52. The summed E-state index contributed by atoms with van der Waals surface area (Å²) in [5.74, 6) is 2.87. The lowest BCUT2D eigenvalue weighted by molar-refractivity contribution is -0.117. The minimum atomic E-state index is 0.0762. The van der Waals surface area contributed by atoms with Crippen LogP contribution in [0, 0.1) is 17.8 Å². The first kappa shape index (κ1) is 16.9. The van der Waals surface area contributed by atoms with E-state index in [9.17, 15) is 4.79 Å². The zero-order valence-electron chi connectivity index (χ0n) is 13.9. The molecule has 4 rings (SSSR count). The van der Waals surface area contributed by atoms with Crippen LogP contribution in [0.25, 0.3) is 0 Å². The fourth-order valence-electron chi connectivity index (χ4n) is 4.40. The first-order valence-electron chi connectivity index (χ1n) is 8.84. The molecule has 132 valence electrons. The molecule has 0 aliphatic heterocycles. The lowest BCUT2D eigenvalue weighted by Crippen LogP contribution is -2.20. The van der Waals surface area contributed by atoms with E-state index in [2.05, 4.69) is 10.4 Å². The van der Waals surface area contributed by atoms with Gasteiger partial charge in [0.05, 0.1) is 6.54 Å². The molecule has 2 aliphatic rings. The number of nitrogens with one attached hydrogen (secondary N) is 1. The Morgan fingerprint density at radius 1 is 1.24 bits per heavy atom. The quantitative estimate of drug-likeness (QED) is 0.796. The Kier molecular flexibility index (Phi) is 4.74. The fraction of sp³-hybridized carbons (Fsp3) is 0.474. The van der Waals surface area contributed by atoms with E-state index in [0.717, 1.165) is 17.4 Å². The van der Waals surface area contributed by atoms with Crippen molar-refractivity contribution >= 4 is 34.9 Å². The van der Waals surface area contributed by atoms with Crippen molar-refractivity contribution in [3.05, 3.63) is 46.1 Å². The summed E-state index contributed by atoms with van der Waals surface area (Å²) in [5.41, 5.74) is 0.939. The van der Waals surface area contributed by atoms with Crippen LogP contribution in [0.1, 0.15) is 37.7 Å². The van der Waals surface area contributed by atoms with E-state index in [4.69, 9.17) is 23.2 Å². The molecule has 2 aromatic rings. The normalized spacial score (nSPS) is 24.6. The van der Waals surface area contributed by atoms with Crippen LogP contribution in [-0.4, -0.2) is 15.7 Å². The predicted octanol–water partition coefficient (Wildman–Crippen LogP) is 5.00. The van der Waals surface area contributed by atoms with Gasteiger partial charge in [-0.1, -0.05) is 35.7 Å². The van der Waals surface area contributed by atoms with Crippen molar-refractivity contribution in [1.82, 2.24) is 9.78 Å². The molecule has 3 atom stereocenters. The first-order valence-corrected chi connectivity index (χ1v) is 9.59. The van der Waals surface area contributed by atoms with Gasteiger partial charge in [-0.2, -0.15) is 5.10 Å². The molecule has 1 aromatic heterocycles. The molecule has 1 amide bonds. The predicted molar refractivity (Wildman–Crippen MR) is 100.0 cm³/mol. The molecule has 0 spiro atoms. The Balaban J connectivity index is 1.34. The summed E-state index contributed by atoms with van der Waals surface area (Å²) in [5, 5.41) is 8.59. The monoisotopic (exact) mass is 377 g/mol. The number of anilines is 1. The maximum absolute atomic E-state index is 12.3. The van der Waals surface area contributed by atoms with Gasteiger partial charge in [-0.15, -0.1) is 0 Å². The van der Waals surface area contributed by atoms with Crippen LogP contribution >= 0.6 is 23.2 Å². The topological polar surface area (TPSA) is 46.9 Å². The van der Waals surface area contributed by atoms with E-state index < -0.39 is 0 Å². The van der Waals surface area contributed by atoms with E-state index in [1.165, 1.54) is 25.7 Å². The third kappa shape index (κ3) is 3.85. The summed E-state index contributed by atoms with van der Waals surface area (Å²) < 4.78 is 1.77. The SMILES string of the molecule is O=C(C[C@H]1C[C@H]2CC[C@H]1C2)Nc1ccn(Cc2ccc(Cl)cc2Cl)n1. The zero-order chi connectivity index (χ0) is 17.4. The molecule has 2 bridgehead atoms. The Morgan fingerprint density at radius 3 is 2.84 bits per heavy atom. The van der Waals surface area contributed by atoms with Crippen molar-refractivity contribution in [1.29, 1.82) is 0 Å². The summed E-state index contributed by atoms with van der Waals surface area (Å²) in [6.07, 6.45) is 7.69. The van der Waals surface area contributed by atoms with Crippen molar-refractivity contribution in [2.75, 3.05) is 5.32 Å². The lowest BCUT2D eigenvalue weighted by atomic mass is 9.86. The van der Waals surface area contributed by atoms with Gasteiger partial charge in [-0.05, 0) is 54.7 Å². The van der Waals surface area contributed by atoms with E-state index in [0.29, 0.717) is 34.7 Å². The summed E-state index contributed by atoms with van der Waals surface area (Å²) in [6, 6.07) is 7.24. The van der Waals surface area contributed by atoms with Crippen molar-refractivity contribution in [2.24, 2.45) is 17.8 Å². The Bertz CT molecular complexity index is 789. The number of benzene rings is 1. The molecular formula is C19H21Cl2N3O. The second kappa shape index (κ2) is 7.00. The molecule has 4 nitrogen and oxygen atoms in total. The van der Waals surface area contributed by atoms with Gasteiger partial charge < -0.3 is 5.32 Å². The van der Waals surface area contributed by atoms with Crippen LogP contribution in [0.5, 0.6) is 0 Å². The van der Waals surface area contributed by atoms with E-state index in [1.54, 1.807) is 10.7 Å². The largest absolute Gasteiger partial charge is 0.309 e. The number of carbonyl (C=O) groups is 1. The van der Waals surface area contributed by atoms with Gasteiger partial charge in [0.25, 0.3) is 0 Å². The summed E-state index contributed by atoms with van der Waals surface area (Å²) in [4.78, 5) is 12.3. The number of nitrogens with zero attached hydrogens (tertiary/aromatic N) is 2. The summed E-state index contributed by atoms with van der Waals surface area (Å²) in [6.45, 7) is 0.540. The third-order valence-corrected chi connectivity index (χ3v) is 6.17. The Morgan fingerprint density at radius 2 is 2.12 bits per heavy atom. The highest BCUT2D eigenvalue weighted by atomic mass is 35.5. The maximum Gasteiger partial charge on any atom is 0.225 e. The van der Waals surface area contributed by atoms with Gasteiger partial charge in [0.2, 0.25) is 5.91 Å². The van der Waals surface area contributed by atoms with E-state index in [-0.39, 0.29) is 5.91 Å². The maximum atomic E-state index is 12.3. The van der Waals surface area contributed by atoms with Crippen LogP contribution in [0.15, 0.2) is 30.5 Å². The molecule has 2 aliphatic carbocycles. The highest BCUT2D eigenvalue weighted by molar-refractivity contribution is 6.35. The molecule has 1 aromatic carbocycles. The zero-order valence-corrected chi connectivity index (χ0v) is 15.4. The number of hydrogen-bond acceptors (Lipinski definition) is 2. The van der Waals surface area contributed by atoms with E-state index >= 15 is 0 Å². The minimum absolute atomic E-state index is 0.0762. The van der Waals surface area contributed by atoms with Gasteiger partial charge in [0, 0.05) is 28.7 Å². The lowest BCUT2D eigenvalue weighted by Gasteiger charge is -2.20. The van der Waals surface area contributed by atoms with Gasteiger partial charge >= 0.3 is 0 Å². The van der Waals surface area contributed by atoms with Crippen molar-refractivity contribution < 1.29 is 4.79 Å². The van der Waals surface area contributed by atoms with Gasteiger partial charge in [-0.25, -0.2) is 0 Å². The summed E-state index contributed by atoms with van der Waals surface area (Å²) >= 11 is 12.1. The molecule has 0 saturated heterocycles. The second-order valence-electron chi connectivity index (χ2n) is 7.32. The van der Waals surface area contributed by atoms with Gasteiger partial charge in [0.1, 0.15) is 0 Å². The highest BCUT2D eigenvalue weighted by Gasteiger charge is 2.40. The second-order valence-corrected chi connectivity index (χ2v) is 8.17. The molecule has 1 N–H and O–H groups in total. The van der Waals surface area contributed by atoms with E-state index in [1.807, 2.05) is 24.4 Å². The number of fused-ring (bicyclic) bond motifs is 2. The van der Waals surface area contributed by atoms with Crippen molar-refractivity contribution in [2.45, 2.75) is 38.6 Å². The fourth-order valence-corrected chi connectivity index (χ4v) is 4.87. The van der Waals surface area contributed by atoms with Crippen LogP contribution in [0.4, 0.5) is 5.82 Å². The minimum Gasteiger partial charge on any atom is -0.309 e. The van der Waals surface area contributed by atoms with Crippen LogP contribution in [0.2, 0.25) is 10.0 Å². The molecular weight excluding hydrogens is 357 g/mol. The number of hydrogen-bond donors (Lipinski definition) is 1. The molecule has 0 radical (unpaired) electrons. The van der Waals surface area contributed by atoms with Crippen LogP contribution in [-0.2, 0) is 11.3 Å². The van der Waals surface area contributed by atoms with Crippen LogP contribution in [0.3, 0.4) is 0 Å². The number of amides is 1. The smallest absolute Gasteiger partial charge is 0.225 e. The molecule has 6 heteroatoms. The molecule has 2 fully saturated rings. The first-order chi connectivity index (χ1) is 12.1. The Labute approximate surface area is 157 Å². The van der Waals surface area contributed by atoms with Crippen LogP contribution < -0.4 is 5.32 Å². The van der Waals surface area contributed by atoms with Gasteiger partial charge in [0.15, 0.2) is 5.82 Å². The third-order valence-electron chi connectivity index (χ3n) is 5.59. The molecule has 2 saturated carbocycles. The highest BCUT2D eigenvalue weighted by Crippen LogP contribution is 2.49. The standard InChI is InChI=1S/C19H21Cl2N3O/c20-16-4-3-14(17(21)10-16)11-24-6-5-18(23-24)22-19(25)9-15-8-12-1-2-13(15)7-12/h3-6,10,12-13,15H,1-2,7-9,11H2,(H,22,23,25)/t12-,13-,15+/m0/s1. The molecule has 0 unspecified atom stereocenters. The number of halogens is 2. The van der Waals surface area contributed by atoms with Crippen molar-refractivity contribution in [3.63, 3.8) is 0 Å². The number of rotatable bonds is 5. The van der Waals surface area contributed by atoms with Gasteiger partial charge in [-0.3, -0.25) is 9.48 Å². The molecule has 25 heavy (non-hydrogen) atoms. The average molecular weight is 378 g/mol. The molecule has 1 heterocycles. The van der Waals surface area contributed by atoms with Crippen molar-refractivity contribution in [3.8, 4) is 0 Å². The summed E-state index contributed by atoms with van der Waals surface area (Å²) in [7, 11) is 0. The number of aromatic nitrogens is 2. The average Bonchev–Trinajstić information content (AvgIpc) is 3.27.